The fourth-order valence-electron chi connectivity index (χ4n) is 1.49. The summed E-state index contributed by atoms with van der Waals surface area (Å²) in [6, 6.07) is 2.82. The summed E-state index contributed by atoms with van der Waals surface area (Å²) in [5.74, 6) is 0.940. The van der Waals surface area contributed by atoms with Gasteiger partial charge in [-0.25, -0.2) is 9.97 Å². The van der Waals surface area contributed by atoms with Gasteiger partial charge >= 0.3 is 0 Å². The second-order valence-electron chi connectivity index (χ2n) is 3.72. The first-order valence-corrected chi connectivity index (χ1v) is 6.64. The van der Waals surface area contributed by atoms with Crippen LogP contribution in [0, 0.1) is 10.1 Å². The van der Waals surface area contributed by atoms with Crippen LogP contribution in [0.5, 0.6) is 0 Å². The van der Waals surface area contributed by atoms with Gasteiger partial charge in [-0.2, -0.15) is 0 Å². The Kier molecular flexibility index (Phi) is 4.24. The van der Waals surface area contributed by atoms with Gasteiger partial charge in [-0.15, -0.1) is 11.3 Å². The number of anilines is 2. The number of rotatable bonds is 6. The standard InChI is InChI=1S/C11H13N5O2S/c1-2-12-10-3-9(16(17)18)4-11(15-10)13-5-8-6-19-7-14-8/h3-4,6-7H,2,5H2,1H3,(H2,12,13,15). The van der Waals surface area contributed by atoms with Crippen LogP contribution in [0.1, 0.15) is 12.6 Å². The van der Waals surface area contributed by atoms with Gasteiger partial charge in [0.1, 0.15) is 11.6 Å². The molecule has 2 heterocycles. The van der Waals surface area contributed by atoms with Crippen molar-refractivity contribution in [1.29, 1.82) is 0 Å². The first-order chi connectivity index (χ1) is 9.19. The molecule has 0 unspecified atom stereocenters. The molecule has 0 amide bonds. The third kappa shape index (κ3) is 3.62. The molecule has 0 saturated carbocycles. The fraction of sp³-hybridized carbons (Fsp3) is 0.273. The van der Waals surface area contributed by atoms with Crippen molar-refractivity contribution in [1.82, 2.24) is 9.97 Å². The SMILES string of the molecule is CCNc1cc([N+](=O)[O-])cc(NCc2cscn2)n1. The Morgan fingerprint density at radius 3 is 2.68 bits per heavy atom. The average Bonchev–Trinajstić information content (AvgIpc) is 2.89. The van der Waals surface area contributed by atoms with Crippen molar-refractivity contribution in [3.8, 4) is 0 Å². The van der Waals surface area contributed by atoms with Gasteiger partial charge in [0, 0.05) is 11.9 Å². The van der Waals surface area contributed by atoms with Crippen molar-refractivity contribution in [3.63, 3.8) is 0 Å². The van der Waals surface area contributed by atoms with E-state index in [9.17, 15) is 10.1 Å². The van der Waals surface area contributed by atoms with Gasteiger partial charge in [-0.3, -0.25) is 10.1 Å². The number of thiazole rings is 1. The Balaban J connectivity index is 2.16. The number of hydrogen-bond donors (Lipinski definition) is 2. The number of aromatic nitrogens is 2. The van der Waals surface area contributed by atoms with Crippen molar-refractivity contribution in [2.24, 2.45) is 0 Å². The second kappa shape index (κ2) is 6.10. The molecule has 8 heteroatoms. The van der Waals surface area contributed by atoms with Crippen molar-refractivity contribution in [2.75, 3.05) is 17.2 Å². The van der Waals surface area contributed by atoms with Crippen LogP contribution in [0.15, 0.2) is 23.0 Å². The van der Waals surface area contributed by atoms with Crippen molar-refractivity contribution in [3.05, 3.63) is 38.8 Å². The molecule has 0 aliphatic rings. The number of nitrogens with zero attached hydrogens (tertiary/aromatic N) is 3. The van der Waals surface area contributed by atoms with Gasteiger partial charge in [0.2, 0.25) is 0 Å². The minimum Gasteiger partial charge on any atom is -0.370 e. The Hall–Kier alpha value is -2.22. The highest BCUT2D eigenvalue weighted by molar-refractivity contribution is 7.07. The summed E-state index contributed by atoms with van der Waals surface area (Å²) >= 11 is 1.50. The van der Waals surface area contributed by atoms with Crippen molar-refractivity contribution in [2.45, 2.75) is 13.5 Å². The monoisotopic (exact) mass is 279 g/mol. The van der Waals surface area contributed by atoms with E-state index in [1.54, 1.807) is 5.51 Å². The maximum atomic E-state index is 10.9. The molecular formula is C11H13N5O2S. The molecule has 19 heavy (non-hydrogen) atoms. The topological polar surface area (TPSA) is 93.0 Å². The number of nitrogens with one attached hydrogen (secondary N) is 2. The first-order valence-electron chi connectivity index (χ1n) is 5.70. The van der Waals surface area contributed by atoms with Crippen LogP contribution >= 0.6 is 11.3 Å². The van der Waals surface area contributed by atoms with Crippen LogP contribution < -0.4 is 10.6 Å². The highest BCUT2D eigenvalue weighted by Crippen LogP contribution is 2.21. The zero-order valence-electron chi connectivity index (χ0n) is 10.3. The minimum atomic E-state index is -0.434. The molecule has 0 fully saturated rings. The Labute approximate surface area is 113 Å². The Morgan fingerprint density at radius 2 is 2.11 bits per heavy atom. The number of nitro groups is 1. The van der Waals surface area contributed by atoms with E-state index < -0.39 is 4.92 Å². The molecule has 2 aromatic heterocycles. The maximum Gasteiger partial charge on any atom is 0.276 e. The van der Waals surface area contributed by atoms with Gasteiger partial charge in [0.05, 0.1) is 34.8 Å². The molecule has 2 rings (SSSR count). The molecular weight excluding hydrogens is 266 g/mol. The third-order valence-electron chi connectivity index (χ3n) is 2.31. The molecule has 0 saturated heterocycles. The van der Waals surface area contributed by atoms with Crippen LogP contribution in [-0.4, -0.2) is 21.4 Å². The molecule has 0 spiro atoms. The van der Waals surface area contributed by atoms with Crippen LogP contribution in [0.2, 0.25) is 0 Å². The summed E-state index contributed by atoms with van der Waals surface area (Å²) in [5.41, 5.74) is 2.62. The molecule has 100 valence electrons. The number of pyridine rings is 1. The minimum absolute atomic E-state index is 0.00623. The summed E-state index contributed by atoms with van der Waals surface area (Å²) in [6.45, 7) is 3.05. The second-order valence-corrected chi connectivity index (χ2v) is 4.44. The molecule has 0 radical (unpaired) electrons. The van der Waals surface area contributed by atoms with Gasteiger partial charge < -0.3 is 10.6 Å². The van der Waals surface area contributed by atoms with E-state index in [1.807, 2.05) is 12.3 Å². The lowest BCUT2D eigenvalue weighted by atomic mass is 10.3. The Bertz CT molecular complexity index is 558. The lowest BCUT2D eigenvalue weighted by Gasteiger charge is -2.07. The maximum absolute atomic E-state index is 10.9. The van der Waals surface area contributed by atoms with E-state index in [4.69, 9.17) is 0 Å². The predicted molar refractivity (Wildman–Crippen MR) is 74.5 cm³/mol. The van der Waals surface area contributed by atoms with Gasteiger partial charge in [0.15, 0.2) is 0 Å². The highest BCUT2D eigenvalue weighted by atomic mass is 32.1. The molecule has 0 aliphatic carbocycles. The van der Waals surface area contributed by atoms with E-state index in [0.717, 1.165) is 5.69 Å². The lowest BCUT2D eigenvalue weighted by molar-refractivity contribution is -0.384. The molecule has 2 N–H and O–H groups in total. The largest absolute Gasteiger partial charge is 0.370 e. The summed E-state index contributed by atoms with van der Waals surface area (Å²) in [4.78, 5) is 18.8. The molecule has 0 aliphatic heterocycles. The van der Waals surface area contributed by atoms with E-state index in [-0.39, 0.29) is 5.69 Å². The van der Waals surface area contributed by atoms with E-state index in [1.165, 1.54) is 23.5 Å². The number of hydrogen-bond acceptors (Lipinski definition) is 7. The molecule has 0 bridgehead atoms. The smallest absolute Gasteiger partial charge is 0.276 e. The van der Waals surface area contributed by atoms with Crippen LogP contribution in [0.3, 0.4) is 0 Å². The van der Waals surface area contributed by atoms with Crippen LogP contribution in [0.25, 0.3) is 0 Å². The molecule has 2 aromatic rings. The molecule has 7 nitrogen and oxygen atoms in total. The zero-order valence-corrected chi connectivity index (χ0v) is 11.1. The average molecular weight is 279 g/mol. The lowest BCUT2D eigenvalue weighted by Crippen LogP contribution is -2.06. The summed E-state index contributed by atoms with van der Waals surface area (Å²) in [6.07, 6.45) is 0. The van der Waals surface area contributed by atoms with E-state index >= 15 is 0 Å². The Morgan fingerprint density at radius 1 is 1.37 bits per heavy atom. The van der Waals surface area contributed by atoms with Crippen LogP contribution in [-0.2, 0) is 6.54 Å². The van der Waals surface area contributed by atoms with Gasteiger partial charge in [-0.1, -0.05) is 0 Å². The third-order valence-corrected chi connectivity index (χ3v) is 2.95. The quantitative estimate of drug-likeness (QED) is 0.623. The summed E-state index contributed by atoms with van der Waals surface area (Å²) < 4.78 is 0. The van der Waals surface area contributed by atoms with E-state index in [2.05, 4.69) is 20.6 Å². The van der Waals surface area contributed by atoms with Crippen molar-refractivity contribution >= 4 is 28.7 Å². The predicted octanol–water partition coefficient (Wildman–Crippen LogP) is 2.49. The first kappa shape index (κ1) is 13.2. The van der Waals surface area contributed by atoms with Crippen molar-refractivity contribution < 1.29 is 4.92 Å². The van der Waals surface area contributed by atoms with E-state index in [0.29, 0.717) is 24.7 Å². The van der Waals surface area contributed by atoms with Crippen LogP contribution in [0.4, 0.5) is 17.3 Å². The molecule has 0 atom stereocenters. The zero-order chi connectivity index (χ0) is 13.7. The molecule has 0 aromatic carbocycles. The highest BCUT2D eigenvalue weighted by Gasteiger charge is 2.11. The summed E-state index contributed by atoms with van der Waals surface area (Å²) in [5, 5.41) is 18.8. The summed E-state index contributed by atoms with van der Waals surface area (Å²) in [7, 11) is 0. The fourth-order valence-corrected chi connectivity index (χ4v) is 2.05. The normalized spacial score (nSPS) is 10.2. The van der Waals surface area contributed by atoms with Gasteiger partial charge in [-0.05, 0) is 6.92 Å². The van der Waals surface area contributed by atoms with Gasteiger partial charge in [0.25, 0.3) is 5.69 Å².